The molecule has 0 atom stereocenters. The number of amides is 1. The van der Waals surface area contributed by atoms with Gasteiger partial charge in [-0.15, -0.1) is 0 Å². The zero-order valence-electron chi connectivity index (χ0n) is 10.3. The Morgan fingerprint density at radius 3 is 2.67 bits per heavy atom. The van der Waals surface area contributed by atoms with Crippen LogP contribution in [-0.2, 0) is 0 Å². The highest BCUT2D eigenvalue weighted by Crippen LogP contribution is 2.44. The van der Waals surface area contributed by atoms with E-state index in [0.717, 1.165) is 18.4 Å². The number of β-amino-alcohol motifs (C(OH)–C–C–N with tert-alkyl or cyclic N) is 1. The molecule has 18 heavy (non-hydrogen) atoms. The molecular weight excluding hydrogens is 232 g/mol. The lowest BCUT2D eigenvalue weighted by Gasteiger charge is -2.46. The van der Waals surface area contributed by atoms with Crippen molar-refractivity contribution in [1.29, 1.82) is 0 Å². The summed E-state index contributed by atoms with van der Waals surface area (Å²) in [7, 11) is 0. The summed E-state index contributed by atoms with van der Waals surface area (Å²) in [6.45, 7) is 2.54. The van der Waals surface area contributed by atoms with E-state index in [0.29, 0.717) is 24.7 Å². The van der Waals surface area contributed by atoms with Gasteiger partial charge in [0.15, 0.2) is 0 Å². The lowest BCUT2D eigenvalue weighted by Crippen LogP contribution is -2.64. The summed E-state index contributed by atoms with van der Waals surface area (Å²) in [6.07, 6.45) is 2.11. The van der Waals surface area contributed by atoms with Crippen molar-refractivity contribution in [2.75, 3.05) is 13.1 Å². The average Bonchev–Trinajstić information content (AvgIpc) is 3.06. The number of pyridine rings is 1. The number of hydrogen-bond acceptors (Lipinski definition) is 3. The molecule has 1 aliphatic carbocycles. The molecule has 3 rings (SSSR count). The van der Waals surface area contributed by atoms with Crippen molar-refractivity contribution in [3.05, 3.63) is 33.7 Å². The van der Waals surface area contributed by atoms with Crippen LogP contribution in [0.1, 0.15) is 28.9 Å². The first kappa shape index (κ1) is 11.5. The third-order valence-electron chi connectivity index (χ3n) is 3.77. The maximum Gasteiger partial charge on any atom is 0.270 e. The highest BCUT2D eigenvalue weighted by molar-refractivity contribution is 5.93. The Morgan fingerprint density at radius 2 is 2.11 bits per heavy atom. The smallest absolute Gasteiger partial charge is 0.270 e. The lowest BCUT2D eigenvalue weighted by atomic mass is 9.88. The lowest BCUT2D eigenvalue weighted by molar-refractivity contribution is -0.0959. The van der Waals surface area contributed by atoms with Crippen LogP contribution >= 0.6 is 0 Å². The number of aryl methyl sites for hydroxylation is 1. The van der Waals surface area contributed by atoms with Crippen molar-refractivity contribution in [3.8, 4) is 0 Å². The van der Waals surface area contributed by atoms with Gasteiger partial charge in [-0.05, 0) is 37.3 Å². The summed E-state index contributed by atoms with van der Waals surface area (Å²) in [5.41, 5.74) is 0.119. The van der Waals surface area contributed by atoms with Gasteiger partial charge in [-0.1, -0.05) is 0 Å². The Labute approximate surface area is 104 Å². The molecule has 5 heteroatoms. The summed E-state index contributed by atoms with van der Waals surface area (Å²) in [6, 6.07) is 3.12. The molecule has 0 unspecified atom stereocenters. The van der Waals surface area contributed by atoms with Crippen LogP contribution in [0.3, 0.4) is 0 Å². The summed E-state index contributed by atoms with van der Waals surface area (Å²) >= 11 is 0. The van der Waals surface area contributed by atoms with Gasteiger partial charge >= 0.3 is 0 Å². The number of nitrogens with zero attached hydrogens (tertiary/aromatic N) is 1. The number of aliphatic hydroxyl groups is 1. The third-order valence-corrected chi connectivity index (χ3v) is 3.77. The van der Waals surface area contributed by atoms with Gasteiger partial charge in [0.25, 0.3) is 5.91 Å². The van der Waals surface area contributed by atoms with E-state index in [9.17, 15) is 14.7 Å². The predicted molar refractivity (Wildman–Crippen MR) is 65.4 cm³/mol. The molecule has 2 fully saturated rings. The molecule has 0 bridgehead atoms. The second-order valence-electron chi connectivity index (χ2n) is 5.47. The quantitative estimate of drug-likeness (QED) is 0.789. The van der Waals surface area contributed by atoms with Gasteiger partial charge in [0, 0.05) is 6.07 Å². The van der Waals surface area contributed by atoms with Crippen LogP contribution in [0, 0.1) is 12.8 Å². The van der Waals surface area contributed by atoms with Crippen molar-refractivity contribution < 1.29 is 9.90 Å². The van der Waals surface area contributed by atoms with Gasteiger partial charge in [-0.25, -0.2) is 0 Å². The largest absolute Gasteiger partial charge is 0.386 e. The first-order valence-electron chi connectivity index (χ1n) is 6.20. The normalized spacial score (nSPS) is 21.6. The molecule has 1 aromatic heterocycles. The van der Waals surface area contributed by atoms with E-state index in [1.807, 2.05) is 0 Å². The molecule has 2 N–H and O–H groups in total. The van der Waals surface area contributed by atoms with E-state index in [1.165, 1.54) is 6.07 Å². The number of nitrogens with one attached hydrogen (secondary N) is 1. The Balaban J connectivity index is 1.74. The first-order valence-corrected chi connectivity index (χ1v) is 6.20. The van der Waals surface area contributed by atoms with Crippen molar-refractivity contribution in [2.45, 2.75) is 25.4 Å². The van der Waals surface area contributed by atoms with E-state index in [-0.39, 0.29) is 11.5 Å². The molecule has 5 nitrogen and oxygen atoms in total. The highest BCUT2D eigenvalue weighted by atomic mass is 16.3. The van der Waals surface area contributed by atoms with Crippen molar-refractivity contribution in [3.63, 3.8) is 0 Å². The number of carbonyl (C=O) groups excluding carboxylic acids is 1. The van der Waals surface area contributed by atoms with Crippen LogP contribution in [0.2, 0.25) is 0 Å². The molecule has 1 amide bonds. The topological polar surface area (TPSA) is 73.4 Å². The molecule has 1 saturated carbocycles. The molecular formula is C13H16N2O3. The summed E-state index contributed by atoms with van der Waals surface area (Å²) in [5, 5.41) is 10.2. The highest BCUT2D eigenvalue weighted by Gasteiger charge is 2.53. The van der Waals surface area contributed by atoms with E-state index in [1.54, 1.807) is 17.9 Å². The Morgan fingerprint density at radius 1 is 1.44 bits per heavy atom. The van der Waals surface area contributed by atoms with Gasteiger partial charge < -0.3 is 15.0 Å². The number of carbonyl (C=O) groups is 1. The van der Waals surface area contributed by atoms with Crippen LogP contribution in [0.15, 0.2) is 16.9 Å². The summed E-state index contributed by atoms with van der Waals surface area (Å²) in [5.74, 6) is 0.152. The van der Waals surface area contributed by atoms with Crippen LogP contribution in [0.25, 0.3) is 0 Å². The molecule has 1 saturated heterocycles. The second kappa shape index (κ2) is 3.68. The van der Waals surface area contributed by atoms with Crippen molar-refractivity contribution in [2.24, 2.45) is 5.92 Å². The van der Waals surface area contributed by atoms with E-state index in [4.69, 9.17) is 0 Å². The summed E-state index contributed by atoms with van der Waals surface area (Å²) in [4.78, 5) is 27.5. The minimum Gasteiger partial charge on any atom is -0.386 e. The fourth-order valence-electron chi connectivity index (χ4n) is 2.60. The van der Waals surface area contributed by atoms with Gasteiger partial charge in [-0.2, -0.15) is 0 Å². The number of hydrogen-bond donors (Lipinski definition) is 2. The molecule has 0 radical (unpaired) electrons. The van der Waals surface area contributed by atoms with E-state index >= 15 is 0 Å². The van der Waals surface area contributed by atoms with E-state index in [2.05, 4.69) is 4.98 Å². The van der Waals surface area contributed by atoms with Crippen LogP contribution in [-0.4, -0.2) is 39.6 Å². The zero-order valence-corrected chi connectivity index (χ0v) is 10.3. The molecule has 0 spiro atoms. The molecule has 2 heterocycles. The third kappa shape index (κ3) is 1.84. The molecule has 1 aliphatic heterocycles. The van der Waals surface area contributed by atoms with Gasteiger partial charge in [0.1, 0.15) is 11.3 Å². The molecule has 1 aromatic rings. The molecule has 96 valence electrons. The standard InChI is InChI=1S/C13H16N2O3/c1-8-4-10(14-11(16)5-8)12(17)15-6-13(18,7-15)9-2-3-9/h4-5,9,18H,2-3,6-7H2,1H3,(H,14,16). The van der Waals surface area contributed by atoms with Crippen molar-refractivity contribution >= 4 is 5.91 Å². The Bertz CT molecular complexity index is 554. The SMILES string of the molecule is Cc1cc(C(=O)N2CC(O)(C3CC3)C2)[nH]c(=O)c1. The number of aromatic amines is 1. The average molecular weight is 248 g/mol. The number of likely N-dealkylation sites (tertiary alicyclic amines) is 1. The molecule has 2 aliphatic rings. The van der Waals surface area contributed by atoms with Crippen LogP contribution < -0.4 is 5.56 Å². The predicted octanol–water partition coefficient (Wildman–Crippen LogP) is 0.280. The fraction of sp³-hybridized carbons (Fsp3) is 0.538. The molecule has 0 aromatic carbocycles. The van der Waals surface area contributed by atoms with Crippen LogP contribution in [0.4, 0.5) is 0 Å². The number of H-pyrrole nitrogens is 1. The Kier molecular flexibility index (Phi) is 2.35. The van der Waals surface area contributed by atoms with Gasteiger partial charge in [-0.3, -0.25) is 9.59 Å². The minimum atomic E-state index is -0.681. The van der Waals surface area contributed by atoms with Gasteiger partial charge in [0.2, 0.25) is 5.56 Å². The van der Waals surface area contributed by atoms with Crippen molar-refractivity contribution in [1.82, 2.24) is 9.88 Å². The first-order chi connectivity index (χ1) is 8.48. The number of aromatic nitrogens is 1. The second-order valence-corrected chi connectivity index (χ2v) is 5.47. The van der Waals surface area contributed by atoms with Crippen LogP contribution in [0.5, 0.6) is 0 Å². The van der Waals surface area contributed by atoms with Gasteiger partial charge in [0.05, 0.1) is 13.1 Å². The minimum absolute atomic E-state index is 0.207. The maximum absolute atomic E-state index is 12.1. The maximum atomic E-state index is 12.1. The Hall–Kier alpha value is -1.62. The fourth-order valence-corrected chi connectivity index (χ4v) is 2.60. The monoisotopic (exact) mass is 248 g/mol. The zero-order chi connectivity index (χ0) is 12.9. The number of rotatable bonds is 2. The van der Waals surface area contributed by atoms with E-state index < -0.39 is 5.60 Å². The summed E-state index contributed by atoms with van der Waals surface area (Å²) < 4.78 is 0.